The maximum absolute atomic E-state index is 5.69. The van der Waals surface area contributed by atoms with Gasteiger partial charge in [-0.05, 0) is 40.0 Å². The lowest BCUT2D eigenvalue weighted by atomic mass is 10.0. The van der Waals surface area contributed by atoms with Crippen molar-refractivity contribution in [1.82, 2.24) is 9.80 Å². The first-order valence-corrected chi connectivity index (χ1v) is 5.22. The van der Waals surface area contributed by atoms with Crippen LogP contribution in [0.3, 0.4) is 0 Å². The molecular weight excluding hydrogens is 242 g/mol. The van der Waals surface area contributed by atoms with Crippen molar-refractivity contribution in [3.8, 4) is 0 Å². The second-order valence-corrected chi connectivity index (χ2v) is 4.08. The number of piperidine rings is 1. The summed E-state index contributed by atoms with van der Waals surface area (Å²) >= 11 is 5.69. The van der Waals surface area contributed by atoms with E-state index >= 15 is 0 Å². The van der Waals surface area contributed by atoms with Gasteiger partial charge in [-0.2, -0.15) is 0 Å². The number of rotatable bonds is 3. The third-order valence-electron chi connectivity index (χ3n) is 2.75. The third kappa shape index (κ3) is 5.62. The van der Waals surface area contributed by atoms with E-state index < -0.39 is 0 Å². The highest BCUT2D eigenvalue weighted by molar-refractivity contribution is 6.18. The van der Waals surface area contributed by atoms with Crippen molar-refractivity contribution in [1.29, 1.82) is 0 Å². The van der Waals surface area contributed by atoms with Gasteiger partial charge in [0.1, 0.15) is 0 Å². The second-order valence-electron chi connectivity index (χ2n) is 3.70. The van der Waals surface area contributed by atoms with Crippen LogP contribution in [0.25, 0.3) is 0 Å². The van der Waals surface area contributed by atoms with Crippen LogP contribution in [0.1, 0.15) is 12.8 Å². The Balaban J connectivity index is 0. The Hall–Kier alpha value is 0.790. The molecule has 0 aliphatic carbocycles. The molecule has 0 radical (unpaired) electrons. The minimum Gasteiger partial charge on any atom is -0.306 e. The van der Waals surface area contributed by atoms with Crippen molar-refractivity contribution in [2.75, 3.05) is 39.6 Å². The van der Waals surface area contributed by atoms with Crippen LogP contribution in [0.4, 0.5) is 0 Å². The largest absolute Gasteiger partial charge is 0.306 e. The van der Waals surface area contributed by atoms with Crippen LogP contribution in [0.15, 0.2) is 0 Å². The highest BCUT2D eigenvalue weighted by atomic mass is 35.5. The molecule has 0 saturated carbocycles. The zero-order valence-electron chi connectivity index (χ0n) is 8.91. The summed E-state index contributed by atoms with van der Waals surface area (Å²) in [5, 5.41) is 0. The van der Waals surface area contributed by atoms with Gasteiger partial charge < -0.3 is 9.80 Å². The SMILES string of the molecule is CN1CCC(N(C)CCCl)CC1.Cl.Cl. The van der Waals surface area contributed by atoms with E-state index in [1.165, 1.54) is 25.9 Å². The van der Waals surface area contributed by atoms with Crippen LogP contribution < -0.4 is 0 Å². The molecule has 1 rings (SSSR count). The fraction of sp³-hybridized carbons (Fsp3) is 1.00. The van der Waals surface area contributed by atoms with Gasteiger partial charge in [0.25, 0.3) is 0 Å². The molecular formula is C9H21Cl3N2. The lowest BCUT2D eigenvalue weighted by Crippen LogP contribution is -2.42. The van der Waals surface area contributed by atoms with Gasteiger partial charge >= 0.3 is 0 Å². The summed E-state index contributed by atoms with van der Waals surface area (Å²) < 4.78 is 0. The van der Waals surface area contributed by atoms with Crippen molar-refractivity contribution in [3.63, 3.8) is 0 Å². The Morgan fingerprint density at radius 3 is 2.21 bits per heavy atom. The van der Waals surface area contributed by atoms with E-state index in [1.807, 2.05) is 0 Å². The van der Waals surface area contributed by atoms with Gasteiger partial charge in [-0.15, -0.1) is 36.4 Å². The van der Waals surface area contributed by atoms with E-state index in [4.69, 9.17) is 11.6 Å². The molecule has 0 aromatic carbocycles. The average Bonchev–Trinajstić information content (AvgIpc) is 2.06. The van der Waals surface area contributed by atoms with Crippen LogP contribution >= 0.6 is 36.4 Å². The number of nitrogens with zero attached hydrogens (tertiary/aromatic N) is 2. The quantitative estimate of drug-likeness (QED) is 0.720. The summed E-state index contributed by atoms with van der Waals surface area (Å²) in [7, 11) is 4.37. The Kier molecular flexibility index (Phi) is 11.1. The molecule has 0 N–H and O–H groups in total. The summed E-state index contributed by atoms with van der Waals surface area (Å²) in [5.41, 5.74) is 0. The molecule has 0 amide bonds. The fourth-order valence-electron chi connectivity index (χ4n) is 1.75. The van der Waals surface area contributed by atoms with Crippen LogP contribution in [-0.4, -0.2) is 55.5 Å². The third-order valence-corrected chi connectivity index (χ3v) is 2.92. The van der Waals surface area contributed by atoms with E-state index in [2.05, 4.69) is 23.9 Å². The second kappa shape index (κ2) is 9.05. The number of hydrogen-bond acceptors (Lipinski definition) is 2. The molecule has 1 aliphatic heterocycles. The Bertz CT molecular complexity index is 127. The summed E-state index contributed by atoms with van der Waals surface area (Å²) in [5.74, 6) is 0.753. The van der Waals surface area contributed by atoms with Crippen LogP contribution in [0, 0.1) is 0 Å². The van der Waals surface area contributed by atoms with E-state index in [0.717, 1.165) is 18.5 Å². The standard InChI is InChI=1S/C9H19ClN2.2ClH/c1-11-6-3-9(4-7-11)12(2)8-5-10;;/h9H,3-8H2,1-2H3;2*1H. The maximum atomic E-state index is 5.69. The minimum absolute atomic E-state index is 0. The zero-order valence-corrected chi connectivity index (χ0v) is 11.3. The van der Waals surface area contributed by atoms with Crippen molar-refractivity contribution < 1.29 is 0 Å². The first kappa shape index (κ1) is 17.2. The molecule has 1 aliphatic rings. The van der Waals surface area contributed by atoms with Gasteiger partial charge in [0.05, 0.1) is 0 Å². The minimum atomic E-state index is 0. The molecule has 1 fully saturated rings. The molecule has 1 saturated heterocycles. The molecule has 2 nitrogen and oxygen atoms in total. The van der Waals surface area contributed by atoms with Crippen molar-refractivity contribution >= 4 is 36.4 Å². The molecule has 14 heavy (non-hydrogen) atoms. The molecule has 0 aromatic heterocycles. The fourth-order valence-corrected chi connectivity index (χ4v) is 2.02. The number of halogens is 3. The molecule has 0 unspecified atom stereocenters. The van der Waals surface area contributed by atoms with Gasteiger partial charge in [-0.1, -0.05) is 0 Å². The highest BCUT2D eigenvalue weighted by Gasteiger charge is 2.19. The molecule has 0 atom stereocenters. The molecule has 1 heterocycles. The molecule has 0 aromatic rings. The van der Waals surface area contributed by atoms with Crippen molar-refractivity contribution in [2.24, 2.45) is 0 Å². The van der Waals surface area contributed by atoms with E-state index in [0.29, 0.717) is 0 Å². The lowest BCUT2D eigenvalue weighted by molar-refractivity contribution is 0.150. The molecule has 5 heteroatoms. The monoisotopic (exact) mass is 262 g/mol. The first-order valence-electron chi connectivity index (χ1n) is 4.69. The predicted octanol–water partition coefficient (Wildman–Crippen LogP) is 2.09. The Morgan fingerprint density at radius 2 is 1.79 bits per heavy atom. The molecule has 0 spiro atoms. The van der Waals surface area contributed by atoms with Crippen LogP contribution in [-0.2, 0) is 0 Å². The summed E-state index contributed by atoms with van der Waals surface area (Å²) in [4.78, 5) is 4.78. The molecule has 0 bridgehead atoms. The summed E-state index contributed by atoms with van der Waals surface area (Å²) in [6.45, 7) is 3.49. The van der Waals surface area contributed by atoms with Crippen molar-refractivity contribution in [3.05, 3.63) is 0 Å². The van der Waals surface area contributed by atoms with Crippen LogP contribution in [0.2, 0.25) is 0 Å². The van der Waals surface area contributed by atoms with Crippen LogP contribution in [0.5, 0.6) is 0 Å². The summed E-state index contributed by atoms with van der Waals surface area (Å²) in [6, 6.07) is 0.764. The first-order chi connectivity index (χ1) is 5.74. The normalized spacial score (nSPS) is 18.9. The maximum Gasteiger partial charge on any atom is 0.0351 e. The van der Waals surface area contributed by atoms with E-state index in [9.17, 15) is 0 Å². The molecule has 88 valence electrons. The average molecular weight is 264 g/mol. The van der Waals surface area contributed by atoms with Gasteiger partial charge in [-0.25, -0.2) is 0 Å². The van der Waals surface area contributed by atoms with Crippen molar-refractivity contribution in [2.45, 2.75) is 18.9 Å². The van der Waals surface area contributed by atoms with E-state index in [1.54, 1.807) is 0 Å². The smallest absolute Gasteiger partial charge is 0.0351 e. The van der Waals surface area contributed by atoms with Gasteiger partial charge in [0.15, 0.2) is 0 Å². The Morgan fingerprint density at radius 1 is 1.29 bits per heavy atom. The van der Waals surface area contributed by atoms with E-state index in [-0.39, 0.29) is 24.8 Å². The zero-order chi connectivity index (χ0) is 8.97. The lowest BCUT2D eigenvalue weighted by Gasteiger charge is -2.34. The number of hydrogen-bond donors (Lipinski definition) is 0. The number of likely N-dealkylation sites (tertiary alicyclic amines) is 1. The predicted molar refractivity (Wildman–Crippen MR) is 68.4 cm³/mol. The highest BCUT2D eigenvalue weighted by Crippen LogP contribution is 2.13. The van der Waals surface area contributed by atoms with Gasteiger partial charge in [-0.3, -0.25) is 0 Å². The number of alkyl halides is 1. The Labute approximate surface area is 105 Å². The van der Waals surface area contributed by atoms with Gasteiger partial charge in [0.2, 0.25) is 0 Å². The summed E-state index contributed by atoms with van der Waals surface area (Å²) in [6.07, 6.45) is 2.59. The topological polar surface area (TPSA) is 6.48 Å². The van der Waals surface area contributed by atoms with Gasteiger partial charge in [0, 0.05) is 18.5 Å².